The van der Waals surface area contributed by atoms with Crippen molar-refractivity contribution in [2.24, 2.45) is 0 Å². The van der Waals surface area contributed by atoms with E-state index >= 15 is 0 Å². The summed E-state index contributed by atoms with van der Waals surface area (Å²) in [5.74, 6) is 1.23. The lowest BCUT2D eigenvalue weighted by atomic mass is 10.1. The van der Waals surface area contributed by atoms with Gasteiger partial charge in [-0.3, -0.25) is 0 Å². The normalized spacial score (nSPS) is 12.3. The quantitative estimate of drug-likeness (QED) is 0.212. The van der Waals surface area contributed by atoms with Gasteiger partial charge in [0.25, 0.3) is 0 Å². The molecule has 4 aromatic rings. The fraction of sp³-hybridized carbons (Fsp3) is 0.125. The van der Waals surface area contributed by atoms with Crippen molar-refractivity contribution in [2.75, 3.05) is 10.2 Å². The number of hydrogen-bond donors (Lipinski definition) is 2. The van der Waals surface area contributed by atoms with Gasteiger partial charge in [-0.2, -0.15) is 4.98 Å². The average Bonchev–Trinajstić information content (AvgIpc) is 3.29. The Bertz CT molecular complexity index is 1280. The predicted octanol–water partition coefficient (Wildman–Crippen LogP) is 5.08. The summed E-state index contributed by atoms with van der Waals surface area (Å²) in [6.45, 7) is 2.14. The number of thiocarbonyl (C=S) groups is 1. The SMILES string of the molecule is S=C(NCc1ccc(Cl)cc1)Nc1nc(Sc2ncccn2)cc(N2Cc3ccccc3C2)n1. The van der Waals surface area contributed by atoms with Crippen LogP contribution in [0.3, 0.4) is 0 Å². The van der Waals surface area contributed by atoms with E-state index < -0.39 is 0 Å². The second kappa shape index (κ2) is 10.3. The molecule has 0 saturated heterocycles. The zero-order valence-corrected chi connectivity index (χ0v) is 20.4. The number of benzene rings is 2. The molecule has 0 saturated carbocycles. The van der Waals surface area contributed by atoms with Gasteiger partial charge in [0.05, 0.1) is 0 Å². The maximum absolute atomic E-state index is 5.96. The molecule has 10 heteroatoms. The van der Waals surface area contributed by atoms with Crippen molar-refractivity contribution in [1.82, 2.24) is 25.3 Å². The molecule has 2 N–H and O–H groups in total. The van der Waals surface area contributed by atoms with Gasteiger partial charge in [0.2, 0.25) is 5.95 Å². The minimum Gasteiger partial charge on any atom is -0.358 e. The second-order valence-electron chi connectivity index (χ2n) is 7.58. The largest absolute Gasteiger partial charge is 0.358 e. The number of rotatable bonds is 6. The van der Waals surface area contributed by atoms with E-state index in [1.807, 2.05) is 30.3 Å². The first-order chi connectivity index (χ1) is 16.6. The van der Waals surface area contributed by atoms with Gasteiger partial charge < -0.3 is 15.5 Å². The van der Waals surface area contributed by atoms with Crippen LogP contribution in [0.4, 0.5) is 11.8 Å². The summed E-state index contributed by atoms with van der Waals surface area (Å²) >= 11 is 12.8. The number of hydrogen-bond acceptors (Lipinski definition) is 7. The lowest BCUT2D eigenvalue weighted by Gasteiger charge is -2.18. The summed E-state index contributed by atoms with van der Waals surface area (Å²) in [6, 6.07) is 19.8. The number of halogens is 1. The number of nitrogens with one attached hydrogen (secondary N) is 2. The Morgan fingerprint density at radius 1 is 0.971 bits per heavy atom. The van der Waals surface area contributed by atoms with Crippen molar-refractivity contribution in [3.8, 4) is 0 Å². The third-order valence-electron chi connectivity index (χ3n) is 5.18. The molecule has 34 heavy (non-hydrogen) atoms. The number of anilines is 2. The van der Waals surface area contributed by atoms with Crippen LogP contribution in [0, 0.1) is 0 Å². The standard InChI is InChI=1S/C24H20ClN7S2/c25-19-8-6-16(7-9-19)13-28-23(33)31-22-29-20(32-14-17-4-1-2-5-18(17)15-32)12-21(30-22)34-24-26-10-3-11-27-24/h1-12H,13-15H2,(H2,28,29,30,31,33). The molecule has 170 valence electrons. The smallest absolute Gasteiger partial charge is 0.232 e. The monoisotopic (exact) mass is 505 g/mol. The molecule has 1 aliphatic heterocycles. The van der Waals surface area contributed by atoms with Gasteiger partial charge in [0.1, 0.15) is 10.8 Å². The molecule has 1 aliphatic rings. The first-order valence-electron chi connectivity index (χ1n) is 10.6. The van der Waals surface area contributed by atoms with Gasteiger partial charge in [-0.15, -0.1) is 0 Å². The van der Waals surface area contributed by atoms with Crippen LogP contribution in [-0.2, 0) is 19.6 Å². The molecule has 0 fully saturated rings. The number of aromatic nitrogens is 4. The second-order valence-corrected chi connectivity index (χ2v) is 9.41. The van der Waals surface area contributed by atoms with Crippen LogP contribution >= 0.6 is 35.6 Å². The summed E-state index contributed by atoms with van der Waals surface area (Å²) in [7, 11) is 0. The summed E-state index contributed by atoms with van der Waals surface area (Å²) in [5.41, 5.74) is 3.67. The van der Waals surface area contributed by atoms with Gasteiger partial charge in [0, 0.05) is 43.1 Å². The molecular weight excluding hydrogens is 486 g/mol. The van der Waals surface area contributed by atoms with Crippen LogP contribution in [0.2, 0.25) is 5.02 Å². The van der Waals surface area contributed by atoms with Crippen molar-refractivity contribution in [2.45, 2.75) is 29.8 Å². The van der Waals surface area contributed by atoms with Crippen molar-refractivity contribution >= 4 is 52.5 Å². The van der Waals surface area contributed by atoms with E-state index in [9.17, 15) is 0 Å². The molecule has 3 heterocycles. The van der Waals surface area contributed by atoms with Gasteiger partial charge in [-0.1, -0.05) is 48.0 Å². The van der Waals surface area contributed by atoms with Gasteiger partial charge in [0.15, 0.2) is 10.3 Å². The predicted molar refractivity (Wildman–Crippen MR) is 139 cm³/mol. The Morgan fingerprint density at radius 2 is 1.68 bits per heavy atom. The Hall–Kier alpha value is -3.27. The van der Waals surface area contributed by atoms with Gasteiger partial charge in [-0.05, 0) is 58.9 Å². The molecule has 0 bridgehead atoms. The lowest BCUT2D eigenvalue weighted by molar-refractivity contribution is 0.842. The highest BCUT2D eigenvalue weighted by molar-refractivity contribution is 7.99. The van der Waals surface area contributed by atoms with Crippen molar-refractivity contribution in [3.05, 3.63) is 94.8 Å². The zero-order valence-electron chi connectivity index (χ0n) is 18.0. The first kappa shape index (κ1) is 22.5. The minimum absolute atomic E-state index is 0.417. The van der Waals surface area contributed by atoms with Crippen LogP contribution in [-0.4, -0.2) is 25.0 Å². The molecule has 0 spiro atoms. The molecular formula is C24H20ClN7S2. The topological polar surface area (TPSA) is 78.9 Å². The molecule has 2 aromatic heterocycles. The fourth-order valence-corrected chi connectivity index (χ4v) is 4.54. The van der Waals surface area contributed by atoms with Crippen LogP contribution in [0.15, 0.2) is 83.2 Å². The summed E-state index contributed by atoms with van der Waals surface area (Å²) in [5, 5.41) is 8.80. The minimum atomic E-state index is 0.417. The molecule has 0 atom stereocenters. The number of fused-ring (bicyclic) bond motifs is 1. The molecule has 0 unspecified atom stereocenters. The molecule has 0 radical (unpaired) electrons. The molecule has 7 nitrogen and oxygen atoms in total. The third kappa shape index (κ3) is 5.61. The number of nitrogens with zero attached hydrogens (tertiary/aromatic N) is 5. The highest BCUT2D eigenvalue weighted by atomic mass is 35.5. The Kier molecular flexibility index (Phi) is 6.84. The van der Waals surface area contributed by atoms with Crippen molar-refractivity contribution in [3.63, 3.8) is 0 Å². The first-order valence-corrected chi connectivity index (χ1v) is 12.2. The summed E-state index contributed by atoms with van der Waals surface area (Å²) in [4.78, 5) is 20.2. The van der Waals surface area contributed by atoms with E-state index in [0.29, 0.717) is 27.8 Å². The Morgan fingerprint density at radius 3 is 2.38 bits per heavy atom. The van der Waals surface area contributed by atoms with Crippen molar-refractivity contribution < 1.29 is 0 Å². The van der Waals surface area contributed by atoms with Crippen LogP contribution in [0.1, 0.15) is 16.7 Å². The molecule has 2 aromatic carbocycles. The average molecular weight is 506 g/mol. The highest BCUT2D eigenvalue weighted by Gasteiger charge is 2.21. The molecule has 0 aliphatic carbocycles. The van der Waals surface area contributed by atoms with Crippen LogP contribution in [0.25, 0.3) is 0 Å². The summed E-state index contributed by atoms with van der Waals surface area (Å²) in [6.07, 6.45) is 3.42. The van der Waals surface area contributed by atoms with E-state index in [1.165, 1.54) is 22.9 Å². The molecule has 0 amide bonds. The zero-order chi connectivity index (χ0) is 23.3. The third-order valence-corrected chi connectivity index (χ3v) is 6.49. The maximum atomic E-state index is 5.96. The van der Waals surface area contributed by atoms with Crippen LogP contribution < -0.4 is 15.5 Å². The van der Waals surface area contributed by atoms with Gasteiger partial charge >= 0.3 is 0 Å². The fourth-order valence-electron chi connectivity index (χ4n) is 3.54. The highest BCUT2D eigenvalue weighted by Crippen LogP contribution is 2.31. The van der Waals surface area contributed by atoms with E-state index in [-0.39, 0.29) is 0 Å². The van der Waals surface area contributed by atoms with E-state index in [1.54, 1.807) is 18.5 Å². The van der Waals surface area contributed by atoms with E-state index in [2.05, 4.69) is 54.8 Å². The maximum Gasteiger partial charge on any atom is 0.232 e. The van der Waals surface area contributed by atoms with Gasteiger partial charge in [-0.25, -0.2) is 15.0 Å². The van der Waals surface area contributed by atoms with E-state index in [4.69, 9.17) is 28.8 Å². The Balaban J connectivity index is 1.34. The van der Waals surface area contributed by atoms with E-state index in [0.717, 1.165) is 29.5 Å². The summed E-state index contributed by atoms with van der Waals surface area (Å²) < 4.78 is 0. The lowest BCUT2D eigenvalue weighted by Crippen LogP contribution is -2.29. The van der Waals surface area contributed by atoms with Crippen LogP contribution in [0.5, 0.6) is 0 Å². The Labute approximate surface area is 212 Å². The van der Waals surface area contributed by atoms with Crippen molar-refractivity contribution in [1.29, 1.82) is 0 Å². The molecule has 5 rings (SSSR count).